The number of nitrogens with one attached hydrogen (secondary N) is 1. The van der Waals surface area contributed by atoms with E-state index in [1.165, 1.54) is 10.8 Å². The largest absolute Gasteiger partial charge is 0.322 e. The molecule has 0 fully saturated rings. The second-order valence-electron chi connectivity index (χ2n) is 3.57. The predicted molar refractivity (Wildman–Crippen MR) is 62.1 cm³/mol. The van der Waals surface area contributed by atoms with Crippen molar-refractivity contribution < 1.29 is 19.5 Å². The Kier molecular flexibility index (Phi) is 2.89. The predicted octanol–water partition coefficient (Wildman–Crippen LogP) is 2.68. The third-order valence-corrected chi connectivity index (χ3v) is 2.63. The van der Waals surface area contributed by atoms with Crippen molar-refractivity contribution in [1.82, 2.24) is 4.98 Å². The summed E-state index contributed by atoms with van der Waals surface area (Å²) in [6, 6.07) is 15.6. The Bertz CT molecular complexity index is 703. The van der Waals surface area contributed by atoms with Gasteiger partial charge in [-0.25, -0.2) is 0 Å². The summed E-state index contributed by atoms with van der Waals surface area (Å²) in [6.45, 7) is 0. The molecule has 0 unspecified atom stereocenters. The summed E-state index contributed by atoms with van der Waals surface area (Å²) in [5.74, 6) is 0. The molecule has 0 atom stereocenters. The van der Waals surface area contributed by atoms with Gasteiger partial charge >= 0.3 is 0 Å². The first-order valence-corrected chi connectivity index (χ1v) is 4.85. The number of fused-ring (bicyclic) bond motifs is 3. The van der Waals surface area contributed by atoms with E-state index in [0.717, 1.165) is 10.9 Å². The van der Waals surface area contributed by atoms with E-state index in [-0.39, 0.29) is 25.0 Å². The molecule has 16 heavy (non-hydrogen) atoms. The summed E-state index contributed by atoms with van der Waals surface area (Å²) in [5, 5.41) is 3.45. The number of aromatic amines is 1. The maximum Gasteiger partial charge on any atom is 0.248 e. The molecule has 1 heterocycles. The van der Waals surface area contributed by atoms with Gasteiger partial charge in [0.25, 0.3) is 0 Å². The zero-order valence-corrected chi connectivity index (χ0v) is 11.7. The van der Waals surface area contributed by atoms with Crippen LogP contribution in [0.25, 0.3) is 21.7 Å². The maximum absolute atomic E-state index is 11.2. The number of benzene rings is 2. The van der Waals surface area contributed by atoms with E-state index < -0.39 is 0 Å². The third-order valence-electron chi connectivity index (χ3n) is 2.63. The van der Waals surface area contributed by atoms with Gasteiger partial charge in [-0.05, 0) is 22.9 Å². The minimum Gasteiger partial charge on any atom is -0.322 e. The second kappa shape index (κ2) is 4.19. The molecule has 1 aromatic heterocycles. The van der Waals surface area contributed by atoms with Crippen molar-refractivity contribution in [2.24, 2.45) is 0 Å². The molecule has 2 aromatic carbocycles. The summed E-state index contributed by atoms with van der Waals surface area (Å²) < 4.78 is 0. The molecule has 74 valence electrons. The van der Waals surface area contributed by atoms with Gasteiger partial charge in [-0.1, -0.05) is 30.3 Å². The normalized spacial score (nSPS) is 10.2. The van der Waals surface area contributed by atoms with Gasteiger partial charge in [0.05, 0.1) is 0 Å². The fraction of sp³-hybridized carbons (Fsp3) is 0. The molecule has 0 aliphatic rings. The van der Waals surface area contributed by atoms with Crippen LogP contribution in [-0.2, 0) is 19.5 Å². The molecule has 3 heteroatoms. The van der Waals surface area contributed by atoms with Crippen LogP contribution in [0, 0.1) is 0 Å². The zero-order chi connectivity index (χ0) is 10.3. The first-order chi connectivity index (χ1) is 7.34. The Morgan fingerprint density at radius 1 is 0.812 bits per heavy atom. The molecular weight excluding hydrogens is 252 g/mol. The number of pyridine rings is 1. The Morgan fingerprint density at radius 2 is 1.62 bits per heavy atom. The summed E-state index contributed by atoms with van der Waals surface area (Å²) >= 11 is 0. The Balaban J connectivity index is 0.000000963. The van der Waals surface area contributed by atoms with Crippen LogP contribution in [-0.4, -0.2) is 4.98 Å². The first-order valence-electron chi connectivity index (χ1n) is 4.85. The average molecular weight is 261 g/mol. The van der Waals surface area contributed by atoms with Crippen LogP contribution in [0.5, 0.6) is 0 Å². The van der Waals surface area contributed by atoms with Gasteiger partial charge in [-0.2, -0.15) is 0 Å². The van der Waals surface area contributed by atoms with Gasteiger partial charge in [0.2, 0.25) is 5.56 Å². The van der Waals surface area contributed by atoms with E-state index >= 15 is 0 Å². The summed E-state index contributed by atoms with van der Waals surface area (Å²) in [5.41, 5.74) is 0.832. The summed E-state index contributed by atoms with van der Waals surface area (Å²) in [6.07, 6.45) is 0. The number of hydrogen-bond acceptors (Lipinski definition) is 1. The topological polar surface area (TPSA) is 32.9 Å². The number of aromatic nitrogens is 1. The summed E-state index contributed by atoms with van der Waals surface area (Å²) in [7, 11) is 0. The monoisotopic (exact) mass is 259 g/mol. The molecule has 0 saturated heterocycles. The van der Waals surface area contributed by atoms with Crippen molar-refractivity contribution in [2.75, 3.05) is 0 Å². The molecule has 0 spiro atoms. The molecular formula is C13H9NOZn. The number of rotatable bonds is 0. The smallest absolute Gasteiger partial charge is 0.248 e. The van der Waals surface area contributed by atoms with Crippen molar-refractivity contribution in [3.05, 3.63) is 58.9 Å². The molecule has 0 bridgehead atoms. The van der Waals surface area contributed by atoms with Crippen LogP contribution in [0.4, 0.5) is 0 Å². The van der Waals surface area contributed by atoms with Gasteiger partial charge in [-0.3, -0.25) is 4.79 Å². The minimum atomic E-state index is -0.0576. The summed E-state index contributed by atoms with van der Waals surface area (Å²) in [4.78, 5) is 14.0. The van der Waals surface area contributed by atoms with Crippen molar-refractivity contribution in [3.8, 4) is 0 Å². The molecule has 0 radical (unpaired) electrons. The molecule has 0 saturated carbocycles. The molecule has 0 amide bonds. The molecule has 2 nitrogen and oxygen atoms in total. The maximum atomic E-state index is 11.2. The van der Waals surface area contributed by atoms with Crippen molar-refractivity contribution in [1.29, 1.82) is 0 Å². The third kappa shape index (κ3) is 1.68. The van der Waals surface area contributed by atoms with Crippen LogP contribution >= 0.6 is 0 Å². The Labute approximate surface area is 105 Å². The van der Waals surface area contributed by atoms with Gasteiger partial charge in [0, 0.05) is 36.4 Å². The van der Waals surface area contributed by atoms with E-state index in [4.69, 9.17) is 0 Å². The molecule has 3 rings (SSSR count). The van der Waals surface area contributed by atoms with Gasteiger partial charge in [0.15, 0.2) is 0 Å². The number of hydrogen-bond donors (Lipinski definition) is 1. The molecule has 0 aliphatic carbocycles. The van der Waals surface area contributed by atoms with Gasteiger partial charge in [0.1, 0.15) is 0 Å². The standard InChI is InChI=1S/C13H9NO.Zn/c15-13-8-6-11-10-4-2-1-3-9(10)5-7-12(11)14-13;/h1-8H,(H,14,15);. The molecule has 1 N–H and O–H groups in total. The second-order valence-corrected chi connectivity index (χ2v) is 3.57. The molecule has 3 aromatic rings. The fourth-order valence-corrected chi connectivity index (χ4v) is 1.92. The minimum absolute atomic E-state index is 0. The van der Waals surface area contributed by atoms with Crippen molar-refractivity contribution >= 4 is 21.7 Å². The SMILES string of the molecule is O=c1ccc2c(ccc3ccccc32)[nH]1.[Zn]. The van der Waals surface area contributed by atoms with E-state index in [1.54, 1.807) is 6.07 Å². The van der Waals surface area contributed by atoms with Crippen LogP contribution < -0.4 is 5.56 Å². The van der Waals surface area contributed by atoms with Crippen LogP contribution in [0.15, 0.2) is 53.3 Å². The van der Waals surface area contributed by atoms with Crippen molar-refractivity contribution in [2.45, 2.75) is 0 Å². The zero-order valence-electron chi connectivity index (χ0n) is 8.73. The van der Waals surface area contributed by atoms with E-state index in [9.17, 15) is 4.79 Å². The Morgan fingerprint density at radius 3 is 2.50 bits per heavy atom. The molecule has 0 aliphatic heterocycles. The van der Waals surface area contributed by atoms with Crippen LogP contribution in [0.1, 0.15) is 0 Å². The number of H-pyrrole nitrogens is 1. The average Bonchev–Trinajstić information content (AvgIpc) is 2.28. The quantitative estimate of drug-likeness (QED) is 0.489. The fourth-order valence-electron chi connectivity index (χ4n) is 1.92. The Hall–Kier alpha value is -1.47. The van der Waals surface area contributed by atoms with Crippen molar-refractivity contribution in [3.63, 3.8) is 0 Å². The van der Waals surface area contributed by atoms with Crippen LogP contribution in [0.3, 0.4) is 0 Å². The van der Waals surface area contributed by atoms with E-state index in [0.29, 0.717) is 0 Å². The van der Waals surface area contributed by atoms with Crippen LogP contribution in [0.2, 0.25) is 0 Å². The van der Waals surface area contributed by atoms with Gasteiger partial charge < -0.3 is 4.98 Å². The van der Waals surface area contributed by atoms with Gasteiger partial charge in [-0.15, -0.1) is 0 Å². The van der Waals surface area contributed by atoms with E-state index in [2.05, 4.69) is 17.1 Å². The van der Waals surface area contributed by atoms with E-state index in [1.807, 2.05) is 30.3 Å². The first kappa shape index (κ1) is 11.0.